The quantitative estimate of drug-likeness (QED) is 0.456. The number of ether oxygens (including phenoxy) is 4. The first-order valence-electron chi connectivity index (χ1n) is 7.00. The summed E-state index contributed by atoms with van der Waals surface area (Å²) in [5, 5.41) is 2.65. The highest BCUT2D eigenvalue weighted by atomic mass is 16.5. The maximum absolute atomic E-state index is 11.0. The van der Waals surface area contributed by atoms with Crippen molar-refractivity contribution in [3.8, 4) is 0 Å². The first-order chi connectivity index (χ1) is 9.81. The van der Waals surface area contributed by atoms with Gasteiger partial charge in [0, 0.05) is 20.2 Å². The van der Waals surface area contributed by atoms with E-state index in [9.17, 15) is 4.79 Å². The Bertz CT molecular complexity index is 194. The highest BCUT2D eigenvalue weighted by Gasteiger charge is 1.97. The summed E-state index contributed by atoms with van der Waals surface area (Å²) >= 11 is 0. The van der Waals surface area contributed by atoms with Gasteiger partial charge in [-0.1, -0.05) is 13.8 Å². The molecule has 122 valence electrons. The molecule has 3 N–H and O–H groups in total. The van der Waals surface area contributed by atoms with Gasteiger partial charge in [-0.25, -0.2) is 0 Å². The number of nitrogens with two attached hydrogens (primary N) is 1. The molecule has 0 unspecified atom stereocenters. The molecular formula is C13H30N2O5. The molecule has 0 rings (SSSR count). The molecule has 0 aromatic heterocycles. The largest absolute Gasteiger partial charge is 0.378 e. The van der Waals surface area contributed by atoms with Crippen LogP contribution in [0.3, 0.4) is 0 Å². The van der Waals surface area contributed by atoms with Gasteiger partial charge in [0.25, 0.3) is 0 Å². The van der Waals surface area contributed by atoms with Gasteiger partial charge in [0.2, 0.25) is 5.91 Å². The minimum atomic E-state index is -0.144. The summed E-state index contributed by atoms with van der Waals surface area (Å²) in [4.78, 5) is 11.0. The van der Waals surface area contributed by atoms with E-state index in [0.29, 0.717) is 52.7 Å². The monoisotopic (exact) mass is 294 g/mol. The normalized spacial score (nSPS) is 9.80. The van der Waals surface area contributed by atoms with E-state index < -0.39 is 0 Å². The lowest BCUT2D eigenvalue weighted by atomic mass is 10.6. The van der Waals surface area contributed by atoms with Crippen LogP contribution in [0.5, 0.6) is 0 Å². The van der Waals surface area contributed by atoms with Crippen molar-refractivity contribution in [2.75, 3.05) is 66.4 Å². The highest BCUT2D eigenvalue weighted by Crippen LogP contribution is 1.80. The smallest absolute Gasteiger partial charge is 0.246 e. The van der Waals surface area contributed by atoms with Gasteiger partial charge in [-0.2, -0.15) is 0 Å². The third kappa shape index (κ3) is 19.6. The predicted octanol–water partition coefficient (Wildman–Crippen LogP) is -0.216. The molecule has 0 bridgehead atoms. The summed E-state index contributed by atoms with van der Waals surface area (Å²) in [6, 6.07) is 0. The lowest BCUT2D eigenvalue weighted by Crippen LogP contribution is -2.30. The van der Waals surface area contributed by atoms with Crippen LogP contribution in [0.1, 0.15) is 13.8 Å². The highest BCUT2D eigenvalue weighted by molar-refractivity contribution is 5.77. The fraction of sp³-hybridized carbons (Fsp3) is 0.923. The molecule has 0 radical (unpaired) electrons. The summed E-state index contributed by atoms with van der Waals surface area (Å²) in [5.74, 6) is -0.144. The molecule has 7 nitrogen and oxygen atoms in total. The van der Waals surface area contributed by atoms with E-state index in [1.54, 1.807) is 0 Å². The number of amides is 1. The molecule has 0 atom stereocenters. The van der Waals surface area contributed by atoms with Crippen LogP contribution in [0.15, 0.2) is 0 Å². The van der Waals surface area contributed by atoms with Gasteiger partial charge in [-0.3, -0.25) is 4.79 Å². The molecule has 0 spiro atoms. The molecule has 0 aliphatic rings. The second-order valence-corrected chi connectivity index (χ2v) is 3.41. The Morgan fingerprint density at radius 2 is 1.45 bits per heavy atom. The zero-order valence-electron chi connectivity index (χ0n) is 13.0. The van der Waals surface area contributed by atoms with Crippen LogP contribution in [0, 0.1) is 0 Å². The van der Waals surface area contributed by atoms with Gasteiger partial charge in [0.05, 0.1) is 39.6 Å². The van der Waals surface area contributed by atoms with Gasteiger partial charge in [0.1, 0.15) is 6.61 Å². The molecule has 0 aliphatic carbocycles. The Morgan fingerprint density at radius 3 is 1.95 bits per heavy atom. The molecular weight excluding hydrogens is 264 g/mol. The van der Waals surface area contributed by atoms with Crippen LogP contribution in [-0.4, -0.2) is 72.4 Å². The zero-order chi connectivity index (χ0) is 15.5. The van der Waals surface area contributed by atoms with Crippen LogP contribution < -0.4 is 11.1 Å². The summed E-state index contributed by atoms with van der Waals surface area (Å²) in [6.07, 6.45) is 0. The number of hydrogen-bond acceptors (Lipinski definition) is 6. The van der Waals surface area contributed by atoms with Gasteiger partial charge in [-0.05, 0) is 0 Å². The van der Waals surface area contributed by atoms with E-state index in [0.717, 1.165) is 0 Å². The fourth-order valence-electron chi connectivity index (χ4n) is 1.07. The van der Waals surface area contributed by atoms with Crippen LogP contribution in [0.4, 0.5) is 0 Å². The van der Waals surface area contributed by atoms with Crippen molar-refractivity contribution < 1.29 is 23.7 Å². The van der Waals surface area contributed by atoms with Crippen LogP contribution in [0.2, 0.25) is 0 Å². The molecule has 0 aromatic rings. The van der Waals surface area contributed by atoms with Crippen molar-refractivity contribution in [1.29, 1.82) is 0 Å². The summed E-state index contributed by atoms with van der Waals surface area (Å²) in [7, 11) is 1.48. The Labute approximate surface area is 122 Å². The maximum Gasteiger partial charge on any atom is 0.246 e. The zero-order valence-corrected chi connectivity index (χ0v) is 13.0. The Morgan fingerprint density at radius 1 is 0.950 bits per heavy atom. The van der Waals surface area contributed by atoms with Gasteiger partial charge >= 0.3 is 0 Å². The van der Waals surface area contributed by atoms with E-state index in [1.165, 1.54) is 7.11 Å². The van der Waals surface area contributed by atoms with Gasteiger partial charge in [0.15, 0.2) is 0 Å². The van der Waals surface area contributed by atoms with Crippen LogP contribution in [0.25, 0.3) is 0 Å². The van der Waals surface area contributed by atoms with Crippen molar-refractivity contribution >= 4 is 5.91 Å². The maximum atomic E-state index is 11.0. The molecule has 0 saturated carbocycles. The topological polar surface area (TPSA) is 92.0 Å². The van der Waals surface area contributed by atoms with E-state index >= 15 is 0 Å². The number of rotatable bonds is 13. The molecule has 0 saturated heterocycles. The second kappa shape index (κ2) is 20.6. The van der Waals surface area contributed by atoms with E-state index in [2.05, 4.69) is 10.1 Å². The van der Waals surface area contributed by atoms with Crippen molar-refractivity contribution in [1.82, 2.24) is 5.32 Å². The van der Waals surface area contributed by atoms with Gasteiger partial charge in [-0.15, -0.1) is 0 Å². The Hall–Kier alpha value is -0.730. The first kappa shape index (κ1) is 21.6. The molecule has 0 aliphatic heterocycles. The van der Waals surface area contributed by atoms with E-state index in [1.807, 2.05) is 13.8 Å². The average molecular weight is 294 g/mol. The van der Waals surface area contributed by atoms with Crippen LogP contribution in [-0.2, 0) is 23.7 Å². The Balaban J connectivity index is 0. The lowest BCUT2D eigenvalue weighted by Gasteiger charge is -2.07. The molecule has 7 heteroatoms. The second-order valence-electron chi connectivity index (χ2n) is 3.41. The lowest BCUT2D eigenvalue weighted by molar-refractivity contribution is -0.125. The van der Waals surface area contributed by atoms with Crippen LogP contribution >= 0.6 is 0 Å². The van der Waals surface area contributed by atoms with Crippen molar-refractivity contribution in [2.45, 2.75) is 13.8 Å². The number of nitrogens with one attached hydrogen (secondary N) is 1. The Kier molecular flexibility index (Phi) is 22.2. The summed E-state index contributed by atoms with van der Waals surface area (Å²) in [5.41, 5.74) is 5.25. The van der Waals surface area contributed by atoms with Gasteiger partial charge < -0.3 is 30.0 Å². The first-order valence-corrected chi connectivity index (χ1v) is 7.00. The molecule has 0 fully saturated rings. The molecule has 0 heterocycles. The third-order valence-corrected chi connectivity index (χ3v) is 1.85. The molecule has 1 amide bonds. The standard InChI is InChI=1S/C11H24N2O5.C2H6/c1-15-10-11(14)13-3-5-17-7-9-18-8-6-16-4-2-12;1-2/h2-10,12H2,1H3,(H,13,14);1-2H3. The minimum absolute atomic E-state index is 0.0753. The number of carbonyl (C=O) groups excluding carboxylic acids is 1. The fourth-order valence-corrected chi connectivity index (χ4v) is 1.07. The summed E-state index contributed by atoms with van der Waals surface area (Å²) < 4.78 is 20.3. The van der Waals surface area contributed by atoms with Crippen molar-refractivity contribution in [3.05, 3.63) is 0 Å². The van der Waals surface area contributed by atoms with E-state index in [4.69, 9.17) is 19.9 Å². The third-order valence-electron chi connectivity index (χ3n) is 1.85. The number of methoxy groups -OCH3 is 1. The average Bonchev–Trinajstić information content (AvgIpc) is 2.47. The van der Waals surface area contributed by atoms with Crippen molar-refractivity contribution in [2.24, 2.45) is 5.73 Å². The molecule has 0 aromatic carbocycles. The predicted molar refractivity (Wildman–Crippen MR) is 77.7 cm³/mol. The van der Waals surface area contributed by atoms with E-state index in [-0.39, 0.29) is 12.5 Å². The summed E-state index contributed by atoms with van der Waals surface area (Å²) in [6.45, 7) is 8.18. The number of hydrogen-bond donors (Lipinski definition) is 2. The minimum Gasteiger partial charge on any atom is -0.378 e. The SMILES string of the molecule is CC.COCC(=O)NCCOCCOCCOCCN. The molecule has 20 heavy (non-hydrogen) atoms. The number of carbonyl (C=O) groups is 1. The van der Waals surface area contributed by atoms with Crippen molar-refractivity contribution in [3.63, 3.8) is 0 Å².